The Labute approximate surface area is 178 Å². The van der Waals surface area contributed by atoms with Gasteiger partial charge in [-0.3, -0.25) is 14.6 Å². The molecule has 0 spiro atoms. The largest absolute Gasteiger partial charge is 0.495 e. The van der Waals surface area contributed by atoms with Crippen LogP contribution in [0.5, 0.6) is 5.75 Å². The number of aliphatic hydroxyl groups is 1. The summed E-state index contributed by atoms with van der Waals surface area (Å²) in [6.45, 7) is -0.188. The third-order valence-electron chi connectivity index (χ3n) is 4.84. The quantitative estimate of drug-likeness (QED) is 0.461. The minimum atomic E-state index is -0.310. The average molecular weight is 416 g/mol. The van der Waals surface area contributed by atoms with E-state index in [1.54, 1.807) is 61.9 Å². The lowest BCUT2D eigenvalue weighted by Gasteiger charge is -2.13. The Bertz CT molecular complexity index is 1200. The Hall–Kier alpha value is -4.17. The number of anilines is 2. The molecule has 0 atom stereocenters. The van der Waals surface area contributed by atoms with Crippen LogP contribution in [0.2, 0.25) is 0 Å². The number of benzene rings is 1. The number of carbonyl (C=O) groups excluding carboxylic acids is 2. The van der Waals surface area contributed by atoms with Gasteiger partial charge in [-0.15, -0.1) is 0 Å². The zero-order valence-corrected chi connectivity index (χ0v) is 16.7. The van der Waals surface area contributed by atoms with Crippen molar-refractivity contribution in [2.24, 2.45) is 0 Å². The molecule has 1 aromatic carbocycles. The van der Waals surface area contributed by atoms with E-state index in [4.69, 9.17) is 4.74 Å². The molecule has 3 aromatic rings. The highest BCUT2D eigenvalue weighted by molar-refractivity contribution is 6.36. The summed E-state index contributed by atoms with van der Waals surface area (Å²) in [6.07, 6.45) is 9.73. The number of aromatic nitrogens is 2. The van der Waals surface area contributed by atoms with E-state index in [9.17, 15) is 14.7 Å². The minimum absolute atomic E-state index is 0.188. The first-order valence-electron chi connectivity index (χ1n) is 9.53. The monoisotopic (exact) mass is 416 g/mol. The van der Waals surface area contributed by atoms with Gasteiger partial charge in [0.1, 0.15) is 5.75 Å². The molecule has 0 fully saturated rings. The average Bonchev–Trinajstić information content (AvgIpc) is 3.37. The molecule has 0 saturated heterocycles. The van der Waals surface area contributed by atoms with Gasteiger partial charge >= 0.3 is 0 Å². The van der Waals surface area contributed by atoms with E-state index in [2.05, 4.69) is 20.6 Å². The van der Waals surface area contributed by atoms with Crippen LogP contribution in [0, 0.1) is 0 Å². The van der Waals surface area contributed by atoms with Gasteiger partial charge in [0.25, 0.3) is 11.8 Å². The number of nitrogens with zero attached hydrogens (tertiary/aromatic N) is 1. The summed E-state index contributed by atoms with van der Waals surface area (Å²) < 4.78 is 5.32. The summed E-state index contributed by atoms with van der Waals surface area (Å²) >= 11 is 0. The number of ether oxygens (including phenoxy) is 1. The third kappa shape index (κ3) is 3.96. The lowest BCUT2D eigenvalue weighted by Crippen LogP contribution is -2.13. The van der Waals surface area contributed by atoms with E-state index in [1.165, 1.54) is 12.4 Å². The number of fused-ring (bicyclic) bond motifs is 1. The Balaban J connectivity index is 1.81. The van der Waals surface area contributed by atoms with Gasteiger partial charge in [-0.2, -0.15) is 0 Å². The normalized spacial score (nSPS) is 14.0. The van der Waals surface area contributed by atoms with Gasteiger partial charge in [0.05, 0.1) is 25.0 Å². The van der Waals surface area contributed by atoms with Crippen LogP contribution in [0.15, 0.2) is 55.0 Å². The van der Waals surface area contributed by atoms with Crippen molar-refractivity contribution in [3.63, 3.8) is 0 Å². The zero-order chi connectivity index (χ0) is 21.8. The fraction of sp³-hybridized carbons (Fsp3) is 0.0870. The molecule has 31 heavy (non-hydrogen) atoms. The van der Waals surface area contributed by atoms with Crippen molar-refractivity contribution in [3.05, 3.63) is 77.4 Å². The van der Waals surface area contributed by atoms with E-state index in [0.717, 1.165) is 0 Å². The Kier molecular flexibility index (Phi) is 5.63. The summed E-state index contributed by atoms with van der Waals surface area (Å²) in [4.78, 5) is 32.4. The maximum Gasteiger partial charge on any atom is 0.256 e. The highest BCUT2D eigenvalue weighted by atomic mass is 16.5. The number of amides is 2. The van der Waals surface area contributed by atoms with Crippen LogP contribution < -0.4 is 15.4 Å². The maximum atomic E-state index is 12.7. The molecule has 4 N–H and O–H groups in total. The van der Waals surface area contributed by atoms with E-state index in [1.807, 2.05) is 0 Å². The van der Waals surface area contributed by atoms with Crippen molar-refractivity contribution in [2.45, 2.75) is 0 Å². The van der Waals surface area contributed by atoms with E-state index in [0.29, 0.717) is 45.1 Å². The number of pyridine rings is 1. The first-order valence-corrected chi connectivity index (χ1v) is 9.53. The second kappa shape index (κ2) is 8.68. The van der Waals surface area contributed by atoms with Gasteiger partial charge in [-0.05, 0) is 36.4 Å². The van der Waals surface area contributed by atoms with Crippen molar-refractivity contribution in [1.29, 1.82) is 0 Å². The molecule has 4 rings (SSSR count). The van der Waals surface area contributed by atoms with Gasteiger partial charge in [0, 0.05) is 46.7 Å². The van der Waals surface area contributed by atoms with E-state index >= 15 is 0 Å². The van der Waals surface area contributed by atoms with Crippen LogP contribution in [0.25, 0.3) is 17.7 Å². The summed E-state index contributed by atoms with van der Waals surface area (Å²) in [5.74, 6) is 0.0149. The van der Waals surface area contributed by atoms with Crippen molar-refractivity contribution in [2.75, 3.05) is 24.4 Å². The van der Waals surface area contributed by atoms with Crippen LogP contribution in [-0.2, 0) is 4.79 Å². The Morgan fingerprint density at radius 2 is 2.03 bits per heavy atom. The summed E-state index contributed by atoms with van der Waals surface area (Å²) in [6, 6.07) is 8.43. The lowest BCUT2D eigenvalue weighted by molar-refractivity contribution is -0.110. The molecule has 1 aliphatic heterocycles. The Morgan fingerprint density at radius 3 is 2.77 bits per heavy atom. The van der Waals surface area contributed by atoms with E-state index < -0.39 is 0 Å². The van der Waals surface area contributed by atoms with Crippen molar-refractivity contribution < 1.29 is 19.4 Å². The molecule has 0 radical (unpaired) electrons. The number of nitrogens with one attached hydrogen (secondary N) is 3. The van der Waals surface area contributed by atoms with Gasteiger partial charge in [-0.1, -0.05) is 12.2 Å². The van der Waals surface area contributed by atoms with Crippen LogP contribution in [0.3, 0.4) is 0 Å². The molecule has 8 heteroatoms. The van der Waals surface area contributed by atoms with Crippen LogP contribution >= 0.6 is 0 Å². The Morgan fingerprint density at radius 1 is 1.23 bits per heavy atom. The molecule has 1 aliphatic rings. The molecule has 0 aliphatic carbocycles. The second-order valence-corrected chi connectivity index (χ2v) is 6.70. The summed E-state index contributed by atoms with van der Waals surface area (Å²) in [5, 5.41) is 15.1. The van der Waals surface area contributed by atoms with Crippen molar-refractivity contribution in [3.8, 4) is 5.75 Å². The molecule has 156 valence electrons. The summed E-state index contributed by atoms with van der Waals surface area (Å²) in [5.41, 5.74) is 3.85. The molecule has 0 bridgehead atoms. The predicted molar refractivity (Wildman–Crippen MR) is 119 cm³/mol. The van der Waals surface area contributed by atoms with Gasteiger partial charge < -0.3 is 25.5 Å². The van der Waals surface area contributed by atoms with Gasteiger partial charge in [0.2, 0.25) is 0 Å². The van der Waals surface area contributed by atoms with Crippen LogP contribution in [-0.4, -0.2) is 40.6 Å². The number of H-pyrrole nitrogens is 1. The number of methoxy groups -OCH3 is 1. The van der Waals surface area contributed by atoms with Crippen LogP contribution in [0.4, 0.5) is 11.4 Å². The summed E-state index contributed by atoms with van der Waals surface area (Å²) in [7, 11) is 1.55. The number of carbonyl (C=O) groups is 2. The number of hydrogen-bond acceptors (Lipinski definition) is 5. The first-order chi connectivity index (χ1) is 15.1. The van der Waals surface area contributed by atoms with Crippen LogP contribution in [0.1, 0.15) is 27.2 Å². The lowest BCUT2D eigenvalue weighted by atomic mass is 9.97. The fourth-order valence-electron chi connectivity index (χ4n) is 3.41. The molecule has 2 amide bonds. The topological polar surface area (TPSA) is 116 Å². The third-order valence-corrected chi connectivity index (χ3v) is 4.84. The number of hydrogen-bond donors (Lipinski definition) is 4. The standard InChI is InChI=1S/C23H20N4O4/c1-31-20-8-11-25-19(20)13-16-21-15(3-2-12-28)17(4-5-18(21)27-23(16)30)26-22(29)14-6-9-24-10-7-14/h2-11,13,25,28H,12H2,1H3,(H,26,29)(H,27,30)/b3-2?,16-13-. The van der Waals surface area contributed by atoms with Crippen molar-refractivity contribution in [1.82, 2.24) is 9.97 Å². The minimum Gasteiger partial charge on any atom is -0.495 e. The van der Waals surface area contributed by atoms with Gasteiger partial charge in [-0.25, -0.2) is 0 Å². The second-order valence-electron chi connectivity index (χ2n) is 6.70. The number of aliphatic hydroxyl groups excluding tert-OH is 1. The molecular formula is C23H20N4O4. The number of rotatable bonds is 6. The molecule has 3 heterocycles. The SMILES string of the molecule is COc1cc[nH]c1/C=C1\C(=O)Nc2ccc(NC(=O)c3ccncc3)c(C=CCO)c21. The molecule has 0 unspecified atom stereocenters. The molecule has 8 nitrogen and oxygen atoms in total. The predicted octanol–water partition coefficient (Wildman–Crippen LogP) is 3.17. The number of aromatic amines is 1. The molecule has 0 saturated carbocycles. The highest BCUT2D eigenvalue weighted by Gasteiger charge is 2.28. The first kappa shape index (κ1) is 20.1. The fourth-order valence-corrected chi connectivity index (χ4v) is 3.41. The van der Waals surface area contributed by atoms with E-state index in [-0.39, 0.29) is 18.4 Å². The van der Waals surface area contributed by atoms with Crippen molar-refractivity contribution >= 4 is 40.9 Å². The highest BCUT2D eigenvalue weighted by Crippen LogP contribution is 2.40. The molecular weight excluding hydrogens is 396 g/mol. The molecule has 2 aromatic heterocycles. The zero-order valence-electron chi connectivity index (χ0n) is 16.7. The van der Waals surface area contributed by atoms with Gasteiger partial charge in [0.15, 0.2) is 0 Å². The smallest absolute Gasteiger partial charge is 0.256 e. The maximum absolute atomic E-state index is 12.7.